The van der Waals surface area contributed by atoms with E-state index in [4.69, 9.17) is 0 Å². The van der Waals surface area contributed by atoms with Gasteiger partial charge in [0.05, 0.1) is 0 Å². The number of benzene rings is 1. The molecule has 1 aromatic carbocycles. The summed E-state index contributed by atoms with van der Waals surface area (Å²) in [7, 11) is 0. The molecule has 0 spiro atoms. The monoisotopic (exact) mass is 289 g/mol. The lowest BCUT2D eigenvalue weighted by Crippen LogP contribution is -2.40. The van der Waals surface area contributed by atoms with Crippen molar-refractivity contribution < 1.29 is 9.90 Å². The number of hydrogen-bond acceptors (Lipinski definition) is 2. The Kier molecular flexibility index (Phi) is 5.04. The molecule has 2 rings (SSSR count). The highest BCUT2D eigenvalue weighted by molar-refractivity contribution is 5.75. The van der Waals surface area contributed by atoms with Crippen LogP contribution in [0.5, 0.6) is 0 Å². The number of hydrogen-bond donors (Lipinski definition) is 2. The van der Waals surface area contributed by atoms with Crippen LogP contribution < -0.4 is 5.32 Å². The van der Waals surface area contributed by atoms with E-state index >= 15 is 0 Å². The van der Waals surface area contributed by atoms with E-state index in [1.54, 1.807) is 0 Å². The Balaban J connectivity index is 1.96. The van der Waals surface area contributed by atoms with Crippen molar-refractivity contribution in [2.45, 2.75) is 58.5 Å². The molecule has 0 heterocycles. The van der Waals surface area contributed by atoms with Crippen LogP contribution in [0.2, 0.25) is 0 Å². The lowest BCUT2D eigenvalue weighted by Gasteiger charge is -2.38. The summed E-state index contributed by atoms with van der Waals surface area (Å²) in [4.78, 5) is 11.5. The number of rotatable bonds is 4. The van der Waals surface area contributed by atoms with Crippen LogP contribution in [0.15, 0.2) is 30.3 Å². The molecule has 0 amide bonds. The Bertz CT molecular complexity index is 456. The molecule has 1 aliphatic carbocycles. The zero-order chi connectivity index (χ0) is 15.5. The first-order valence-electron chi connectivity index (χ1n) is 7.91. The molecule has 2 N–H and O–H groups in total. The molecule has 0 bridgehead atoms. The van der Waals surface area contributed by atoms with Crippen molar-refractivity contribution in [3.63, 3.8) is 0 Å². The average molecular weight is 289 g/mol. The van der Waals surface area contributed by atoms with Crippen molar-refractivity contribution >= 4 is 5.97 Å². The molecule has 3 heteroatoms. The van der Waals surface area contributed by atoms with Gasteiger partial charge in [-0.15, -0.1) is 0 Å². The predicted octanol–water partition coefficient (Wildman–Crippen LogP) is 4.01. The summed E-state index contributed by atoms with van der Waals surface area (Å²) in [5.74, 6) is -0.0466. The second-order valence-corrected chi connectivity index (χ2v) is 7.26. The lowest BCUT2D eigenvalue weighted by atomic mass is 9.71. The Morgan fingerprint density at radius 1 is 1.14 bits per heavy atom. The van der Waals surface area contributed by atoms with Gasteiger partial charge in [0, 0.05) is 6.04 Å². The molecule has 1 unspecified atom stereocenters. The van der Waals surface area contributed by atoms with E-state index in [1.807, 2.05) is 30.3 Å². The quantitative estimate of drug-likeness (QED) is 0.880. The third kappa shape index (κ3) is 4.31. The maximum Gasteiger partial charge on any atom is 0.325 e. The Labute approximate surface area is 127 Å². The summed E-state index contributed by atoms with van der Waals surface area (Å²) in [6.07, 6.45) is 4.50. The molecule has 0 aromatic heterocycles. The van der Waals surface area contributed by atoms with E-state index in [-0.39, 0.29) is 0 Å². The van der Waals surface area contributed by atoms with E-state index in [0.29, 0.717) is 11.5 Å². The number of carboxylic acid groups (broad SMARTS) is 1. The van der Waals surface area contributed by atoms with Gasteiger partial charge in [0.15, 0.2) is 0 Å². The lowest BCUT2D eigenvalue weighted by molar-refractivity contribution is -0.140. The van der Waals surface area contributed by atoms with Crippen LogP contribution in [0, 0.1) is 11.3 Å². The zero-order valence-corrected chi connectivity index (χ0v) is 13.3. The van der Waals surface area contributed by atoms with Crippen LogP contribution in [0.4, 0.5) is 0 Å². The minimum Gasteiger partial charge on any atom is -0.480 e. The first kappa shape index (κ1) is 16.0. The number of aliphatic carboxylic acids is 1. The van der Waals surface area contributed by atoms with Gasteiger partial charge in [-0.1, -0.05) is 51.1 Å². The fourth-order valence-electron chi connectivity index (χ4n) is 3.32. The summed E-state index contributed by atoms with van der Waals surface area (Å²) in [6.45, 7) is 6.90. The summed E-state index contributed by atoms with van der Waals surface area (Å²) in [6, 6.07) is 9.18. The smallest absolute Gasteiger partial charge is 0.325 e. The molecule has 0 radical (unpaired) electrons. The first-order valence-corrected chi connectivity index (χ1v) is 7.91. The largest absolute Gasteiger partial charge is 0.480 e. The van der Waals surface area contributed by atoms with E-state index in [0.717, 1.165) is 24.3 Å². The molecule has 1 saturated carbocycles. The van der Waals surface area contributed by atoms with E-state index in [9.17, 15) is 9.90 Å². The number of carbonyl (C=O) groups is 1. The molecule has 0 saturated heterocycles. The molecule has 1 fully saturated rings. The molecule has 0 aliphatic heterocycles. The predicted molar refractivity (Wildman–Crippen MR) is 85.2 cm³/mol. The summed E-state index contributed by atoms with van der Waals surface area (Å²) >= 11 is 0. The second-order valence-electron chi connectivity index (χ2n) is 7.26. The van der Waals surface area contributed by atoms with Crippen LogP contribution in [-0.4, -0.2) is 17.1 Å². The third-order valence-electron chi connectivity index (χ3n) is 4.73. The van der Waals surface area contributed by atoms with Gasteiger partial charge < -0.3 is 5.11 Å². The Morgan fingerprint density at radius 3 is 2.19 bits per heavy atom. The van der Waals surface area contributed by atoms with E-state index in [2.05, 4.69) is 26.1 Å². The second kappa shape index (κ2) is 6.61. The molecule has 1 aromatic rings. The molecular formula is C18H27NO2. The zero-order valence-electron chi connectivity index (χ0n) is 13.3. The van der Waals surface area contributed by atoms with Crippen LogP contribution >= 0.6 is 0 Å². The van der Waals surface area contributed by atoms with Gasteiger partial charge in [-0.3, -0.25) is 10.1 Å². The number of nitrogens with one attached hydrogen (secondary N) is 1. The van der Waals surface area contributed by atoms with Crippen molar-refractivity contribution in [2.75, 3.05) is 0 Å². The third-order valence-corrected chi connectivity index (χ3v) is 4.73. The molecule has 1 aliphatic rings. The molecule has 21 heavy (non-hydrogen) atoms. The Hall–Kier alpha value is -1.35. The highest BCUT2D eigenvalue weighted by Gasteiger charge is 2.31. The number of carboxylic acids is 1. The van der Waals surface area contributed by atoms with Crippen molar-refractivity contribution in [3.05, 3.63) is 35.9 Å². The highest BCUT2D eigenvalue weighted by atomic mass is 16.4. The van der Waals surface area contributed by atoms with Gasteiger partial charge in [0.2, 0.25) is 0 Å². The highest BCUT2D eigenvalue weighted by Crippen LogP contribution is 2.38. The Morgan fingerprint density at radius 2 is 1.71 bits per heavy atom. The van der Waals surface area contributed by atoms with Crippen molar-refractivity contribution in [2.24, 2.45) is 11.3 Å². The van der Waals surface area contributed by atoms with Crippen LogP contribution in [0.25, 0.3) is 0 Å². The molecular weight excluding hydrogens is 262 g/mol. The summed E-state index contributed by atoms with van der Waals surface area (Å²) in [5.41, 5.74) is 1.19. The fourth-order valence-corrected chi connectivity index (χ4v) is 3.32. The SMILES string of the molecule is CC(C)(C)C1CCC(NC(C(=O)O)c2ccccc2)CC1. The van der Waals surface area contributed by atoms with Gasteiger partial charge in [-0.25, -0.2) is 0 Å². The van der Waals surface area contributed by atoms with Crippen molar-refractivity contribution in [3.8, 4) is 0 Å². The molecule has 1 atom stereocenters. The van der Waals surface area contributed by atoms with Gasteiger partial charge in [-0.05, 0) is 42.6 Å². The fraction of sp³-hybridized carbons (Fsp3) is 0.611. The molecule has 116 valence electrons. The van der Waals surface area contributed by atoms with E-state index < -0.39 is 12.0 Å². The molecule has 3 nitrogen and oxygen atoms in total. The minimum atomic E-state index is -0.792. The maximum atomic E-state index is 11.5. The van der Waals surface area contributed by atoms with Crippen molar-refractivity contribution in [1.82, 2.24) is 5.32 Å². The standard InChI is InChI=1S/C18H27NO2/c1-18(2,3)14-9-11-15(12-10-14)19-16(17(20)21)13-7-5-4-6-8-13/h4-8,14-16,19H,9-12H2,1-3H3,(H,20,21). The van der Waals surface area contributed by atoms with Gasteiger partial charge in [0.25, 0.3) is 0 Å². The average Bonchev–Trinajstić information content (AvgIpc) is 2.45. The van der Waals surface area contributed by atoms with Crippen LogP contribution in [0.1, 0.15) is 58.1 Å². The normalized spacial score (nSPS) is 24.5. The van der Waals surface area contributed by atoms with Gasteiger partial charge in [-0.2, -0.15) is 0 Å². The topological polar surface area (TPSA) is 49.3 Å². The minimum absolute atomic E-state index is 0.310. The summed E-state index contributed by atoms with van der Waals surface area (Å²) in [5, 5.41) is 12.8. The van der Waals surface area contributed by atoms with Gasteiger partial charge in [0.1, 0.15) is 6.04 Å². The van der Waals surface area contributed by atoms with Gasteiger partial charge >= 0.3 is 5.97 Å². The van der Waals surface area contributed by atoms with Crippen LogP contribution in [0.3, 0.4) is 0 Å². The van der Waals surface area contributed by atoms with Crippen LogP contribution in [-0.2, 0) is 4.79 Å². The summed E-state index contributed by atoms with van der Waals surface area (Å²) < 4.78 is 0. The maximum absolute atomic E-state index is 11.5. The first-order chi connectivity index (χ1) is 9.88. The van der Waals surface area contributed by atoms with Crippen molar-refractivity contribution in [1.29, 1.82) is 0 Å². The van der Waals surface area contributed by atoms with E-state index in [1.165, 1.54) is 12.8 Å².